The van der Waals surface area contributed by atoms with Crippen molar-refractivity contribution < 1.29 is 13.2 Å². The van der Waals surface area contributed by atoms with Crippen LogP contribution < -0.4 is 11.1 Å². The molecule has 0 aliphatic heterocycles. The van der Waals surface area contributed by atoms with Gasteiger partial charge >= 0.3 is 0 Å². The molecule has 0 saturated carbocycles. The third-order valence-corrected chi connectivity index (χ3v) is 4.14. The van der Waals surface area contributed by atoms with Gasteiger partial charge in [0.1, 0.15) is 5.25 Å². The summed E-state index contributed by atoms with van der Waals surface area (Å²) in [6.07, 6.45) is 1.03. The van der Waals surface area contributed by atoms with Crippen molar-refractivity contribution in [3.05, 3.63) is 23.8 Å². The molecule has 3 N–H and O–H groups in total. The topological polar surface area (TPSA) is 89.3 Å². The number of sulfone groups is 1. The largest absolute Gasteiger partial charge is 0.398 e. The second-order valence-electron chi connectivity index (χ2n) is 3.98. The zero-order valence-electron chi connectivity index (χ0n) is 10.0. The van der Waals surface area contributed by atoms with Crippen LogP contribution in [0.4, 0.5) is 11.4 Å². The number of benzene rings is 1. The minimum absolute atomic E-state index is 0.533. The van der Waals surface area contributed by atoms with Gasteiger partial charge in [0, 0.05) is 17.6 Å². The zero-order valence-corrected chi connectivity index (χ0v) is 10.8. The van der Waals surface area contributed by atoms with Gasteiger partial charge in [0.05, 0.1) is 0 Å². The van der Waals surface area contributed by atoms with E-state index in [2.05, 4.69) is 5.32 Å². The molecule has 5 nitrogen and oxygen atoms in total. The molecule has 0 aromatic heterocycles. The monoisotopic (exact) mass is 256 g/mol. The van der Waals surface area contributed by atoms with Crippen LogP contribution >= 0.6 is 0 Å². The van der Waals surface area contributed by atoms with E-state index in [9.17, 15) is 13.2 Å². The van der Waals surface area contributed by atoms with Gasteiger partial charge in [0.2, 0.25) is 5.91 Å². The molecule has 0 aliphatic rings. The lowest BCUT2D eigenvalue weighted by atomic mass is 10.1. The van der Waals surface area contributed by atoms with Crippen LogP contribution in [0.15, 0.2) is 18.2 Å². The average molecular weight is 256 g/mol. The highest BCUT2D eigenvalue weighted by Gasteiger charge is 2.23. The lowest BCUT2D eigenvalue weighted by Gasteiger charge is -2.13. The van der Waals surface area contributed by atoms with Crippen molar-refractivity contribution in [2.24, 2.45) is 0 Å². The number of nitrogen functional groups attached to an aromatic ring is 1. The standard InChI is InChI=1S/C11H16N2O3S/c1-7-9(12)5-4-6-10(7)13-11(14)8(2)17(3,15)16/h4-6,8H,12H2,1-3H3,(H,13,14). The second-order valence-corrected chi connectivity index (χ2v) is 6.35. The lowest BCUT2D eigenvalue weighted by molar-refractivity contribution is -0.115. The molecule has 0 fully saturated rings. The Bertz CT molecular complexity index is 538. The Hall–Kier alpha value is -1.56. The summed E-state index contributed by atoms with van der Waals surface area (Å²) in [6, 6.07) is 5.09. The molecule has 1 unspecified atom stereocenters. The first-order valence-corrected chi connectivity index (χ1v) is 7.03. The van der Waals surface area contributed by atoms with E-state index in [-0.39, 0.29) is 0 Å². The smallest absolute Gasteiger partial charge is 0.242 e. The molecule has 0 aliphatic carbocycles. The van der Waals surface area contributed by atoms with E-state index >= 15 is 0 Å². The summed E-state index contributed by atoms with van der Waals surface area (Å²) in [5.74, 6) is -0.554. The second kappa shape index (κ2) is 4.75. The minimum atomic E-state index is -3.39. The summed E-state index contributed by atoms with van der Waals surface area (Å²) >= 11 is 0. The fourth-order valence-electron chi connectivity index (χ4n) is 1.22. The first-order chi connectivity index (χ1) is 7.73. The van der Waals surface area contributed by atoms with Gasteiger partial charge < -0.3 is 11.1 Å². The molecule has 0 radical (unpaired) electrons. The van der Waals surface area contributed by atoms with E-state index in [1.165, 1.54) is 6.92 Å². The van der Waals surface area contributed by atoms with E-state index in [0.717, 1.165) is 11.8 Å². The zero-order chi connectivity index (χ0) is 13.2. The minimum Gasteiger partial charge on any atom is -0.398 e. The number of nitrogens with one attached hydrogen (secondary N) is 1. The maximum Gasteiger partial charge on any atom is 0.242 e. The van der Waals surface area contributed by atoms with Gasteiger partial charge in [-0.2, -0.15) is 0 Å². The molecular formula is C11H16N2O3S. The Kier molecular flexibility index (Phi) is 3.77. The van der Waals surface area contributed by atoms with Crippen molar-refractivity contribution in [1.82, 2.24) is 0 Å². The summed E-state index contributed by atoms with van der Waals surface area (Å²) in [5.41, 5.74) is 7.50. The van der Waals surface area contributed by atoms with Crippen LogP contribution in [0.2, 0.25) is 0 Å². The Labute approximate surface area is 101 Å². The fraction of sp³-hybridized carbons (Fsp3) is 0.364. The van der Waals surface area contributed by atoms with E-state index in [1.54, 1.807) is 25.1 Å². The lowest BCUT2D eigenvalue weighted by Crippen LogP contribution is -2.32. The van der Waals surface area contributed by atoms with Gasteiger partial charge in [-0.15, -0.1) is 0 Å². The van der Waals surface area contributed by atoms with Crippen molar-refractivity contribution in [2.75, 3.05) is 17.3 Å². The van der Waals surface area contributed by atoms with Crippen molar-refractivity contribution in [3.8, 4) is 0 Å². The first-order valence-electron chi connectivity index (χ1n) is 5.08. The fourth-order valence-corrected chi connectivity index (χ4v) is 1.67. The quantitative estimate of drug-likeness (QED) is 0.788. The highest BCUT2D eigenvalue weighted by molar-refractivity contribution is 7.92. The first kappa shape index (κ1) is 13.5. The molecule has 1 aromatic carbocycles. The molecule has 1 amide bonds. The number of carbonyl (C=O) groups is 1. The van der Waals surface area contributed by atoms with Gasteiger partial charge in [-0.3, -0.25) is 4.79 Å². The van der Waals surface area contributed by atoms with Crippen molar-refractivity contribution in [3.63, 3.8) is 0 Å². The molecule has 1 aromatic rings. The van der Waals surface area contributed by atoms with Gasteiger partial charge in [-0.05, 0) is 31.5 Å². The molecule has 6 heteroatoms. The van der Waals surface area contributed by atoms with E-state index in [1.807, 2.05) is 0 Å². The molecular weight excluding hydrogens is 240 g/mol. The predicted octanol–water partition coefficient (Wildman–Crippen LogP) is 0.949. The Morgan fingerprint density at radius 1 is 1.41 bits per heavy atom. The van der Waals surface area contributed by atoms with Crippen LogP contribution in [-0.4, -0.2) is 25.8 Å². The summed E-state index contributed by atoms with van der Waals surface area (Å²) in [4.78, 5) is 11.7. The van der Waals surface area contributed by atoms with Crippen LogP contribution in [0, 0.1) is 6.92 Å². The highest BCUT2D eigenvalue weighted by Crippen LogP contribution is 2.20. The highest BCUT2D eigenvalue weighted by atomic mass is 32.2. The number of nitrogens with two attached hydrogens (primary N) is 1. The summed E-state index contributed by atoms with van der Waals surface area (Å²) in [6.45, 7) is 3.11. The summed E-state index contributed by atoms with van der Waals surface area (Å²) < 4.78 is 22.5. The van der Waals surface area contributed by atoms with Crippen LogP contribution in [-0.2, 0) is 14.6 Å². The molecule has 1 rings (SSSR count). The third kappa shape index (κ3) is 3.20. The molecule has 1 atom stereocenters. The van der Waals surface area contributed by atoms with Gasteiger partial charge in [-0.25, -0.2) is 8.42 Å². The van der Waals surface area contributed by atoms with Crippen LogP contribution in [0.1, 0.15) is 12.5 Å². The van der Waals surface area contributed by atoms with Crippen LogP contribution in [0.3, 0.4) is 0 Å². The van der Waals surface area contributed by atoms with Crippen molar-refractivity contribution >= 4 is 27.1 Å². The van der Waals surface area contributed by atoms with Crippen molar-refractivity contribution in [1.29, 1.82) is 0 Å². The van der Waals surface area contributed by atoms with Crippen LogP contribution in [0.5, 0.6) is 0 Å². The van der Waals surface area contributed by atoms with Crippen molar-refractivity contribution in [2.45, 2.75) is 19.1 Å². The molecule has 0 saturated heterocycles. The maximum atomic E-state index is 11.7. The van der Waals surface area contributed by atoms with E-state index in [0.29, 0.717) is 11.4 Å². The number of anilines is 2. The molecule has 0 bridgehead atoms. The summed E-state index contributed by atoms with van der Waals surface area (Å²) in [7, 11) is -3.39. The number of amides is 1. The average Bonchev–Trinajstić information content (AvgIpc) is 2.22. The maximum absolute atomic E-state index is 11.7. The normalized spacial score (nSPS) is 13.1. The number of rotatable bonds is 3. The Balaban J connectivity index is 2.93. The van der Waals surface area contributed by atoms with Gasteiger partial charge in [0.15, 0.2) is 9.84 Å². The van der Waals surface area contributed by atoms with E-state index < -0.39 is 21.0 Å². The van der Waals surface area contributed by atoms with E-state index in [4.69, 9.17) is 5.73 Å². The molecule has 17 heavy (non-hydrogen) atoms. The molecule has 94 valence electrons. The SMILES string of the molecule is Cc1c(N)cccc1NC(=O)C(C)S(C)(=O)=O. The number of hydrogen-bond acceptors (Lipinski definition) is 4. The summed E-state index contributed by atoms with van der Waals surface area (Å²) in [5, 5.41) is 1.48. The predicted molar refractivity (Wildman–Crippen MR) is 68.5 cm³/mol. The Morgan fingerprint density at radius 3 is 2.53 bits per heavy atom. The van der Waals surface area contributed by atoms with Gasteiger partial charge in [0.25, 0.3) is 0 Å². The Morgan fingerprint density at radius 2 is 2.00 bits per heavy atom. The van der Waals surface area contributed by atoms with Crippen LogP contribution in [0.25, 0.3) is 0 Å². The number of carbonyl (C=O) groups excluding carboxylic acids is 1. The third-order valence-electron chi connectivity index (χ3n) is 2.65. The molecule has 0 heterocycles. The van der Waals surface area contributed by atoms with Gasteiger partial charge in [-0.1, -0.05) is 6.07 Å². The number of hydrogen-bond donors (Lipinski definition) is 2. The molecule has 0 spiro atoms.